The van der Waals surface area contributed by atoms with Crippen LogP contribution in [0.2, 0.25) is 0 Å². The summed E-state index contributed by atoms with van der Waals surface area (Å²) in [5.74, 6) is 0. The van der Waals surface area contributed by atoms with Gasteiger partial charge in [0, 0.05) is 31.2 Å². The third-order valence-electron chi connectivity index (χ3n) is 2.61. The lowest BCUT2D eigenvalue weighted by Gasteiger charge is -2.32. The molecular weight excluding hydrogens is 200 g/mol. The number of nitrogens with one attached hydrogen (secondary N) is 1. The maximum atomic E-state index is 9.04. The molecule has 0 aromatic carbocycles. The molecule has 0 aliphatic carbocycles. The van der Waals surface area contributed by atoms with Crippen LogP contribution in [0.3, 0.4) is 0 Å². The van der Waals surface area contributed by atoms with E-state index < -0.39 is 0 Å². The van der Waals surface area contributed by atoms with Gasteiger partial charge in [-0.25, -0.2) is 0 Å². The molecule has 96 valence electrons. The molecule has 1 unspecified atom stereocenters. The highest BCUT2D eigenvalue weighted by Gasteiger charge is 2.17. The summed E-state index contributed by atoms with van der Waals surface area (Å²) in [5, 5.41) is 12.6. The van der Waals surface area contributed by atoms with E-state index in [1.807, 2.05) is 6.08 Å². The van der Waals surface area contributed by atoms with Gasteiger partial charge in [0.2, 0.25) is 0 Å². The molecule has 3 nitrogen and oxygen atoms in total. The van der Waals surface area contributed by atoms with Crippen LogP contribution in [0.15, 0.2) is 12.7 Å². The van der Waals surface area contributed by atoms with Gasteiger partial charge in [0.05, 0.1) is 6.61 Å². The Labute approximate surface area is 101 Å². The van der Waals surface area contributed by atoms with Crippen molar-refractivity contribution >= 4 is 0 Å². The van der Waals surface area contributed by atoms with Gasteiger partial charge in [0.25, 0.3) is 0 Å². The first-order valence-corrected chi connectivity index (χ1v) is 6.15. The van der Waals surface area contributed by atoms with E-state index in [9.17, 15) is 0 Å². The Kier molecular flexibility index (Phi) is 7.64. The van der Waals surface area contributed by atoms with Gasteiger partial charge in [0.15, 0.2) is 0 Å². The highest BCUT2D eigenvalue weighted by atomic mass is 16.3. The monoisotopic (exact) mass is 228 g/mol. The predicted molar refractivity (Wildman–Crippen MR) is 70.7 cm³/mol. The molecule has 0 rings (SSSR count). The van der Waals surface area contributed by atoms with E-state index in [1.165, 1.54) is 0 Å². The van der Waals surface area contributed by atoms with Crippen molar-refractivity contribution in [1.82, 2.24) is 10.2 Å². The Morgan fingerprint density at radius 3 is 2.44 bits per heavy atom. The number of hydrogen-bond acceptors (Lipinski definition) is 3. The molecule has 2 N–H and O–H groups in total. The number of aliphatic hydroxyl groups is 1. The van der Waals surface area contributed by atoms with E-state index in [0.29, 0.717) is 6.04 Å². The maximum Gasteiger partial charge on any atom is 0.0558 e. The van der Waals surface area contributed by atoms with Crippen LogP contribution in [0.25, 0.3) is 0 Å². The van der Waals surface area contributed by atoms with Gasteiger partial charge in [-0.15, -0.1) is 6.58 Å². The second-order valence-electron chi connectivity index (χ2n) is 5.20. The number of nitrogens with zero attached hydrogens (tertiary/aromatic N) is 1. The molecule has 0 saturated heterocycles. The number of hydrogen-bond donors (Lipinski definition) is 2. The second kappa shape index (κ2) is 7.82. The third-order valence-corrected chi connectivity index (χ3v) is 2.61. The minimum atomic E-state index is 0.145. The molecule has 0 aliphatic heterocycles. The predicted octanol–water partition coefficient (Wildman–Crippen LogP) is 1.63. The zero-order chi connectivity index (χ0) is 12.6. The van der Waals surface area contributed by atoms with Crippen molar-refractivity contribution in [2.45, 2.75) is 45.7 Å². The average molecular weight is 228 g/mol. The highest BCUT2D eigenvalue weighted by molar-refractivity contribution is 4.82. The summed E-state index contributed by atoms with van der Waals surface area (Å²) in [6.45, 7) is 15.2. The minimum absolute atomic E-state index is 0.145. The van der Waals surface area contributed by atoms with E-state index >= 15 is 0 Å². The van der Waals surface area contributed by atoms with Gasteiger partial charge in [-0.05, 0) is 27.2 Å². The highest BCUT2D eigenvalue weighted by Crippen LogP contribution is 2.06. The van der Waals surface area contributed by atoms with Gasteiger partial charge >= 0.3 is 0 Å². The Morgan fingerprint density at radius 2 is 2.06 bits per heavy atom. The fourth-order valence-corrected chi connectivity index (χ4v) is 1.67. The van der Waals surface area contributed by atoms with E-state index in [1.54, 1.807) is 0 Å². The van der Waals surface area contributed by atoms with Crippen LogP contribution < -0.4 is 5.32 Å². The lowest BCUT2D eigenvalue weighted by Crippen LogP contribution is -2.48. The Bertz CT molecular complexity index is 187. The zero-order valence-corrected chi connectivity index (χ0v) is 11.3. The van der Waals surface area contributed by atoms with Gasteiger partial charge < -0.3 is 10.4 Å². The van der Waals surface area contributed by atoms with E-state index in [4.69, 9.17) is 5.11 Å². The summed E-state index contributed by atoms with van der Waals surface area (Å²) in [7, 11) is 0. The van der Waals surface area contributed by atoms with Crippen molar-refractivity contribution in [3.05, 3.63) is 12.7 Å². The summed E-state index contributed by atoms with van der Waals surface area (Å²) >= 11 is 0. The normalized spacial score (nSPS) is 14.1. The first kappa shape index (κ1) is 15.6. The molecule has 0 radical (unpaired) electrons. The summed E-state index contributed by atoms with van der Waals surface area (Å²) in [6, 6.07) is 0.462. The second-order valence-corrected chi connectivity index (χ2v) is 5.20. The molecule has 0 heterocycles. The number of rotatable bonds is 8. The minimum Gasteiger partial charge on any atom is -0.395 e. The van der Waals surface area contributed by atoms with Crippen molar-refractivity contribution in [3.63, 3.8) is 0 Å². The van der Waals surface area contributed by atoms with E-state index in [2.05, 4.69) is 44.5 Å². The molecule has 1 atom stereocenters. The zero-order valence-electron chi connectivity index (χ0n) is 11.3. The van der Waals surface area contributed by atoms with Crippen LogP contribution in [0.4, 0.5) is 0 Å². The molecule has 0 aromatic rings. The molecule has 16 heavy (non-hydrogen) atoms. The molecule has 0 aliphatic rings. The summed E-state index contributed by atoms with van der Waals surface area (Å²) in [5.41, 5.74) is 0.145. The summed E-state index contributed by atoms with van der Waals surface area (Å²) in [4.78, 5) is 2.27. The SMILES string of the molecule is C=CCN(CCO)C(CC)CNC(C)(C)C. The van der Waals surface area contributed by atoms with E-state index in [0.717, 1.165) is 26.1 Å². The molecule has 0 aromatic heterocycles. The van der Waals surface area contributed by atoms with Crippen LogP contribution in [-0.4, -0.2) is 47.8 Å². The van der Waals surface area contributed by atoms with Crippen LogP contribution in [0.1, 0.15) is 34.1 Å². The quantitative estimate of drug-likeness (QED) is 0.620. The van der Waals surface area contributed by atoms with Crippen LogP contribution in [0.5, 0.6) is 0 Å². The van der Waals surface area contributed by atoms with Crippen molar-refractivity contribution in [1.29, 1.82) is 0 Å². The first-order valence-electron chi connectivity index (χ1n) is 6.15. The largest absolute Gasteiger partial charge is 0.395 e. The van der Waals surface area contributed by atoms with Gasteiger partial charge in [-0.3, -0.25) is 4.90 Å². The van der Waals surface area contributed by atoms with E-state index in [-0.39, 0.29) is 12.1 Å². The lowest BCUT2D eigenvalue weighted by molar-refractivity contribution is 0.153. The average Bonchev–Trinajstić information content (AvgIpc) is 2.17. The van der Waals surface area contributed by atoms with Gasteiger partial charge in [0.1, 0.15) is 0 Å². The molecule has 0 saturated carbocycles. The summed E-state index contributed by atoms with van der Waals surface area (Å²) in [6.07, 6.45) is 2.98. The standard InChI is InChI=1S/C13H28N2O/c1-6-8-15(9-10-16)12(7-2)11-14-13(3,4)5/h6,12,14,16H,1,7-11H2,2-5H3. The molecular formula is C13H28N2O. The van der Waals surface area contributed by atoms with Crippen molar-refractivity contribution < 1.29 is 5.11 Å². The Hall–Kier alpha value is -0.380. The lowest BCUT2D eigenvalue weighted by atomic mass is 10.1. The smallest absolute Gasteiger partial charge is 0.0558 e. The molecule has 0 fully saturated rings. The molecule has 0 amide bonds. The fraction of sp³-hybridized carbons (Fsp3) is 0.846. The van der Waals surface area contributed by atoms with Crippen molar-refractivity contribution in [3.8, 4) is 0 Å². The Balaban J connectivity index is 4.24. The van der Waals surface area contributed by atoms with Crippen LogP contribution >= 0.6 is 0 Å². The number of aliphatic hydroxyl groups excluding tert-OH is 1. The fourth-order valence-electron chi connectivity index (χ4n) is 1.67. The summed E-state index contributed by atoms with van der Waals surface area (Å²) < 4.78 is 0. The third kappa shape index (κ3) is 6.99. The van der Waals surface area contributed by atoms with Gasteiger partial charge in [-0.1, -0.05) is 13.0 Å². The van der Waals surface area contributed by atoms with Crippen molar-refractivity contribution in [2.24, 2.45) is 0 Å². The molecule has 0 bridgehead atoms. The Morgan fingerprint density at radius 1 is 1.44 bits per heavy atom. The molecule has 0 spiro atoms. The van der Waals surface area contributed by atoms with Crippen LogP contribution in [0, 0.1) is 0 Å². The molecule has 3 heteroatoms. The van der Waals surface area contributed by atoms with Crippen LogP contribution in [-0.2, 0) is 0 Å². The van der Waals surface area contributed by atoms with Gasteiger partial charge in [-0.2, -0.15) is 0 Å². The maximum absolute atomic E-state index is 9.04. The first-order chi connectivity index (χ1) is 7.44. The van der Waals surface area contributed by atoms with Crippen molar-refractivity contribution in [2.75, 3.05) is 26.2 Å². The topological polar surface area (TPSA) is 35.5 Å².